The predicted molar refractivity (Wildman–Crippen MR) is 128 cm³/mol. The molecule has 1 aliphatic rings. The van der Waals surface area contributed by atoms with Crippen molar-refractivity contribution in [3.05, 3.63) is 53.7 Å². The highest BCUT2D eigenvalue weighted by atomic mass is 16.5. The van der Waals surface area contributed by atoms with E-state index in [0.29, 0.717) is 19.7 Å². The highest BCUT2D eigenvalue weighted by Gasteiger charge is 2.24. The highest BCUT2D eigenvalue weighted by molar-refractivity contribution is 5.80. The minimum absolute atomic E-state index is 0.0383. The molecular formula is C24H34N6O2. The van der Waals surface area contributed by atoms with Crippen molar-refractivity contribution in [1.29, 1.82) is 0 Å². The van der Waals surface area contributed by atoms with Crippen molar-refractivity contribution >= 4 is 17.7 Å². The number of hydrogen-bond donors (Lipinski definition) is 3. The fourth-order valence-corrected chi connectivity index (χ4v) is 3.84. The van der Waals surface area contributed by atoms with Crippen molar-refractivity contribution in [2.75, 3.05) is 31.1 Å². The second kappa shape index (κ2) is 11.9. The summed E-state index contributed by atoms with van der Waals surface area (Å²) in [5.41, 5.74) is 7.61. The number of nitrogens with two attached hydrogens (primary N) is 1. The number of nitrogens with zero attached hydrogens (tertiary/aromatic N) is 3. The average molecular weight is 439 g/mol. The zero-order valence-corrected chi connectivity index (χ0v) is 19.0. The summed E-state index contributed by atoms with van der Waals surface area (Å²) in [6.45, 7) is 8.08. The van der Waals surface area contributed by atoms with E-state index >= 15 is 0 Å². The summed E-state index contributed by atoms with van der Waals surface area (Å²) in [5.74, 6) is 2.30. The summed E-state index contributed by atoms with van der Waals surface area (Å²) in [4.78, 5) is 23.1. The van der Waals surface area contributed by atoms with Crippen LogP contribution in [0.2, 0.25) is 0 Å². The van der Waals surface area contributed by atoms with Crippen LogP contribution in [-0.2, 0) is 17.9 Å². The maximum Gasteiger partial charge on any atom is 0.220 e. The molecule has 8 nitrogen and oxygen atoms in total. The molecule has 4 N–H and O–H groups in total. The van der Waals surface area contributed by atoms with Gasteiger partial charge in [0.25, 0.3) is 0 Å². The van der Waals surface area contributed by atoms with Crippen LogP contribution < -0.4 is 26.0 Å². The monoisotopic (exact) mass is 438 g/mol. The average Bonchev–Trinajstić information content (AvgIpc) is 2.82. The number of aliphatic imine (C=N–C) groups is 1. The molecule has 1 aromatic heterocycles. The van der Waals surface area contributed by atoms with Crippen molar-refractivity contribution in [1.82, 2.24) is 15.6 Å². The van der Waals surface area contributed by atoms with Crippen LogP contribution in [0.25, 0.3) is 0 Å². The normalized spacial score (nSPS) is 14.8. The second-order valence-corrected chi connectivity index (χ2v) is 7.74. The van der Waals surface area contributed by atoms with Crippen molar-refractivity contribution in [3.63, 3.8) is 0 Å². The van der Waals surface area contributed by atoms with Crippen LogP contribution in [0.15, 0.2) is 47.6 Å². The molecule has 1 saturated heterocycles. The summed E-state index contributed by atoms with van der Waals surface area (Å²) in [7, 11) is 0. The van der Waals surface area contributed by atoms with Crippen molar-refractivity contribution in [3.8, 4) is 5.75 Å². The number of rotatable bonds is 9. The third-order valence-corrected chi connectivity index (χ3v) is 5.53. The van der Waals surface area contributed by atoms with Gasteiger partial charge >= 0.3 is 0 Å². The molecule has 1 aromatic carbocycles. The quantitative estimate of drug-likeness (QED) is 0.410. The van der Waals surface area contributed by atoms with Crippen LogP contribution in [0, 0.1) is 5.92 Å². The van der Waals surface area contributed by atoms with Gasteiger partial charge in [-0.2, -0.15) is 0 Å². The third kappa shape index (κ3) is 6.35. The van der Waals surface area contributed by atoms with E-state index in [1.807, 2.05) is 50.4 Å². The lowest BCUT2D eigenvalue weighted by Crippen LogP contribution is -2.40. The number of nitrogens with one attached hydrogen (secondary N) is 2. The fourth-order valence-electron chi connectivity index (χ4n) is 3.84. The Morgan fingerprint density at radius 2 is 1.91 bits per heavy atom. The van der Waals surface area contributed by atoms with E-state index in [-0.39, 0.29) is 11.8 Å². The molecule has 172 valence electrons. The van der Waals surface area contributed by atoms with E-state index in [9.17, 15) is 4.79 Å². The van der Waals surface area contributed by atoms with Crippen molar-refractivity contribution in [2.45, 2.75) is 39.8 Å². The number of hydrogen-bond acceptors (Lipinski definition) is 5. The highest BCUT2D eigenvalue weighted by Crippen LogP contribution is 2.24. The molecule has 1 amide bonds. The lowest BCUT2D eigenvalue weighted by Gasteiger charge is -2.32. The first kappa shape index (κ1) is 23.4. The number of carbonyl (C=O) groups is 1. The van der Waals surface area contributed by atoms with Crippen LogP contribution >= 0.6 is 0 Å². The van der Waals surface area contributed by atoms with Crippen LogP contribution in [-0.4, -0.2) is 43.1 Å². The maximum absolute atomic E-state index is 11.5. The molecular weight excluding hydrogens is 404 g/mol. The molecule has 0 aliphatic carbocycles. The second-order valence-electron chi connectivity index (χ2n) is 7.74. The van der Waals surface area contributed by atoms with Crippen molar-refractivity contribution in [2.24, 2.45) is 16.6 Å². The smallest absolute Gasteiger partial charge is 0.220 e. The molecule has 3 rings (SSSR count). The van der Waals surface area contributed by atoms with E-state index < -0.39 is 0 Å². The third-order valence-electron chi connectivity index (χ3n) is 5.53. The molecule has 1 fully saturated rings. The summed E-state index contributed by atoms with van der Waals surface area (Å²) < 4.78 is 5.71. The lowest BCUT2D eigenvalue weighted by molar-refractivity contribution is -0.122. The zero-order valence-electron chi connectivity index (χ0n) is 19.0. The van der Waals surface area contributed by atoms with Crippen LogP contribution in [0.1, 0.15) is 37.8 Å². The molecule has 0 bridgehead atoms. The molecule has 8 heteroatoms. The number of benzene rings is 1. The van der Waals surface area contributed by atoms with E-state index in [1.54, 1.807) is 0 Å². The Bertz CT molecular complexity index is 909. The predicted octanol–water partition coefficient (Wildman–Crippen LogP) is 2.44. The van der Waals surface area contributed by atoms with Gasteiger partial charge in [0, 0.05) is 49.4 Å². The number of piperidine rings is 1. The van der Waals surface area contributed by atoms with Gasteiger partial charge in [-0.25, -0.2) is 9.98 Å². The SMILES string of the molecule is CCNC(=NCc1ccccc1OCC)NCc1cccnc1N1CCC(C(N)=O)CC1. The summed E-state index contributed by atoms with van der Waals surface area (Å²) in [6.07, 6.45) is 3.34. The van der Waals surface area contributed by atoms with Gasteiger partial charge in [0.2, 0.25) is 5.91 Å². The maximum atomic E-state index is 11.5. The molecule has 0 saturated carbocycles. The Morgan fingerprint density at radius 1 is 1.16 bits per heavy atom. The Morgan fingerprint density at radius 3 is 2.62 bits per heavy atom. The number of pyridine rings is 1. The molecule has 32 heavy (non-hydrogen) atoms. The largest absolute Gasteiger partial charge is 0.494 e. The molecule has 2 heterocycles. The summed E-state index contributed by atoms with van der Waals surface area (Å²) >= 11 is 0. The Hall–Kier alpha value is -3.29. The molecule has 0 radical (unpaired) electrons. The van der Waals surface area contributed by atoms with Gasteiger partial charge in [-0.3, -0.25) is 4.79 Å². The van der Waals surface area contributed by atoms with Crippen molar-refractivity contribution < 1.29 is 9.53 Å². The molecule has 0 spiro atoms. The Kier molecular flexibility index (Phi) is 8.71. The number of carbonyl (C=O) groups excluding carboxylic acids is 1. The number of primary amides is 1. The van der Waals surface area contributed by atoms with Gasteiger partial charge in [0.15, 0.2) is 5.96 Å². The minimum atomic E-state index is -0.204. The Balaban J connectivity index is 1.66. The van der Waals surface area contributed by atoms with Gasteiger partial charge in [-0.15, -0.1) is 0 Å². The molecule has 1 aliphatic heterocycles. The number of para-hydroxylation sites is 1. The van der Waals surface area contributed by atoms with Gasteiger partial charge in [-0.1, -0.05) is 24.3 Å². The van der Waals surface area contributed by atoms with Gasteiger partial charge in [0.05, 0.1) is 13.2 Å². The van der Waals surface area contributed by atoms with Crippen LogP contribution in [0.3, 0.4) is 0 Å². The molecule has 0 atom stereocenters. The van der Waals surface area contributed by atoms with Gasteiger partial charge in [0.1, 0.15) is 11.6 Å². The molecule has 2 aromatic rings. The standard InChI is InChI=1S/C24H34N6O2/c1-3-26-24(28-16-19-8-5-6-10-21(19)32-4-2)29-17-20-9-7-13-27-23(20)30-14-11-18(12-15-30)22(25)31/h5-10,13,18H,3-4,11-12,14-17H2,1-2H3,(H2,25,31)(H2,26,28,29). The summed E-state index contributed by atoms with van der Waals surface area (Å²) in [6, 6.07) is 12.0. The van der Waals surface area contributed by atoms with Crippen LogP contribution in [0.5, 0.6) is 5.75 Å². The van der Waals surface area contributed by atoms with E-state index in [4.69, 9.17) is 15.5 Å². The number of amides is 1. The first-order valence-corrected chi connectivity index (χ1v) is 11.3. The first-order chi connectivity index (χ1) is 15.6. The zero-order chi connectivity index (χ0) is 22.8. The molecule has 0 unspecified atom stereocenters. The topological polar surface area (TPSA) is 105 Å². The van der Waals surface area contributed by atoms with Gasteiger partial charge in [-0.05, 0) is 38.8 Å². The van der Waals surface area contributed by atoms with Gasteiger partial charge < -0.3 is 26.0 Å². The lowest BCUT2D eigenvalue weighted by atomic mass is 9.96. The Labute approximate surface area is 190 Å². The van der Waals surface area contributed by atoms with E-state index in [1.165, 1.54) is 0 Å². The van der Waals surface area contributed by atoms with E-state index in [0.717, 1.165) is 61.1 Å². The summed E-state index contributed by atoms with van der Waals surface area (Å²) in [5, 5.41) is 6.73. The minimum Gasteiger partial charge on any atom is -0.494 e. The van der Waals surface area contributed by atoms with E-state index in [2.05, 4.69) is 26.6 Å². The fraction of sp³-hybridized carbons (Fsp3) is 0.458. The number of aromatic nitrogens is 1. The van der Waals surface area contributed by atoms with Crippen LogP contribution in [0.4, 0.5) is 5.82 Å². The number of ether oxygens (including phenoxy) is 1. The number of guanidine groups is 1. The first-order valence-electron chi connectivity index (χ1n) is 11.3. The number of anilines is 1.